The van der Waals surface area contributed by atoms with Gasteiger partial charge in [0.1, 0.15) is 5.75 Å². The molecule has 0 saturated carbocycles. The van der Waals surface area contributed by atoms with Crippen molar-refractivity contribution in [3.05, 3.63) is 41.5 Å². The van der Waals surface area contributed by atoms with Crippen molar-refractivity contribution >= 4 is 6.29 Å². The molecule has 0 aromatic heterocycles. The third kappa shape index (κ3) is 2.45. The van der Waals surface area contributed by atoms with E-state index in [-0.39, 0.29) is 17.1 Å². The van der Waals surface area contributed by atoms with Crippen LogP contribution in [-0.4, -0.2) is 25.6 Å². The smallest absolute Gasteiger partial charge is 0.168 e. The van der Waals surface area contributed by atoms with Crippen LogP contribution in [0.1, 0.15) is 15.9 Å². The van der Waals surface area contributed by atoms with Gasteiger partial charge in [0.2, 0.25) is 0 Å². The first kappa shape index (κ1) is 13.9. The zero-order chi connectivity index (χ0) is 14.7. The van der Waals surface area contributed by atoms with E-state index in [9.17, 15) is 9.90 Å². The number of aldehydes is 1. The predicted molar refractivity (Wildman–Crippen MR) is 76.8 cm³/mol. The number of rotatable bonds is 4. The minimum Gasteiger partial charge on any atom is -0.504 e. The van der Waals surface area contributed by atoms with Crippen LogP contribution < -0.4 is 9.47 Å². The molecule has 0 aliphatic rings. The number of aromatic hydroxyl groups is 1. The largest absolute Gasteiger partial charge is 0.504 e. The molecule has 0 unspecified atom stereocenters. The van der Waals surface area contributed by atoms with Gasteiger partial charge in [-0.25, -0.2) is 0 Å². The Morgan fingerprint density at radius 2 is 1.75 bits per heavy atom. The van der Waals surface area contributed by atoms with E-state index in [0.717, 1.165) is 16.7 Å². The number of ether oxygens (including phenoxy) is 2. The van der Waals surface area contributed by atoms with Crippen LogP contribution >= 0.6 is 0 Å². The standard InChI is InChI=1S/C16H16O4/c1-10-4-5-14(19-2)13(6-10)11-7-12(9-17)16(18)15(8-11)20-3/h4-9,18H,1-3H3. The molecular weight excluding hydrogens is 256 g/mol. The van der Waals surface area contributed by atoms with Crippen LogP contribution in [0.3, 0.4) is 0 Å². The Balaban J connectivity index is 2.69. The summed E-state index contributed by atoms with van der Waals surface area (Å²) in [5.41, 5.74) is 2.85. The van der Waals surface area contributed by atoms with Crippen LogP contribution in [-0.2, 0) is 0 Å². The first-order valence-electron chi connectivity index (χ1n) is 6.12. The van der Waals surface area contributed by atoms with Crippen LogP contribution in [0.2, 0.25) is 0 Å². The Morgan fingerprint density at radius 3 is 2.35 bits per heavy atom. The van der Waals surface area contributed by atoms with E-state index < -0.39 is 0 Å². The summed E-state index contributed by atoms with van der Waals surface area (Å²) in [4.78, 5) is 11.1. The fourth-order valence-corrected chi connectivity index (χ4v) is 2.08. The average molecular weight is 272 g/mol. The highest BCUT2D eigenvalue weighted by molar-refractivity contribution is 5.86. The van der Waals surface area contributed by atoms with E-state index in [2.05, 4.69) is 0 Å². The molecule has 0 aliphatic heterocycles. The van der Waals surface area contributed by atoms with Gasteiger partial charge in [0, 0.05) is 5.56 Å². The maximum absolute atomic E-state index is 11.1. The summed E-state index contributed by atoms with van der Waals surface area (Å²) >= 11 is 0. The first-order chi connectivity index (χ1) is 9.60. The first-order valence-corrected chi connectivity index (χ1v) is 6.12. The monoisotopic (exact) mass is 272 g/mol. The quantitative estimate of drug-likeness (QED) is 0.868. The fraction of sp³-hybridized carbons (Fsp3) is 0.188. The normalized spacial score (nSPS) is 10.2. The molecule has 0 bridgehead atoms. The van der Waals surface area contributed by atoms with Crippen LogP contribution in [0.5, 0.6) is 17.2 Å². The second-order valence-corrected chi connectivity index (χ2v) is 4.44. The van der Waals surface area contributed by atoms with E-state index >= 15 is 0 Å². The van der Waals surface area contributed by atoms with Crippen LogP contribution in [0.25, 0.3) is 11.1 Å². The molecule has 4 heteroatoms. The highest BCUT2D eigenvalue weighted by atomic mass is 16.5. The van der Waals surface area contributed by atoms with Gasteiger partial charge in [-0.2, -0.15) is 0 Å². The lowest BCUT2D eigenvalue weighted by molar-refractivity contribution is 0.112. The van der Waals surface area contributed by atoms with Crippen molar-refractivity contribution < 1.29 is 19.4 Å². The summed E-state index contributed by atoms with van der Waals surface area (Å²) < 4.78 is 10.4. The molecule has 104 valence electrons. The Hall–Kier alpha value is -2.49. The number of carbonyl (C=O) groups is 1. The molecule has 20 heavy (non-hydrogen) atoms. The summed E-state index contributed by atoms with van der Waals surface area (Å²) in [6, 6.07) is 9.06. The number of carbonyl (C=O) groups excluding carboxylic acids is 1. The van der Waals surface area contributed by atoms with E-state index in [0.29, 0.717) is 12.0 Å². The van der Waals surface area contributed by atoms with Gasteiger partial charge >= 0.3 is 0 Å². The Bertz CT molecular complexity index is 647. The number of methoxy groups -OCH3 is 2. The highest BCUT2D eigenvalue weighted by Gasteiger charge is 2.14. The van der Waals surface area contributed by atoms with Crippen molar-refractivity contribution in [2.75, 3.05) is 14.2 Å². The van der Waals surface area contributed by atoms with Gasteiger partial charge in [-0.05, 0) is 36.8 Å². The lowest BCUT2D eigenvalue weighted by Crippen LogP contribution is -1.93. The van der Waals surface area contributed by atoms with Crippen LogP contribution in [0.4, 0.5) is 0 Å². The van der Waals surface area contributed by atoms with Gasteiger partial charge < -0.3 is 14.6 Å². The fourth-order valence-electron chi connectivity index (χ4n) is 2.08. The van der Waals surface area contributed by atoms with Gasteiger partial charge in [0.05, 0.1) is 19.8 Å². The zero-order valence-electron chi connectivity index (χ0n) is 11.6. The van der Waals surface area contributed by atoms with Gasteiger partial charge in [0.15, 0.2) is 17.8 Å². The molecule has 0 radical (unpaired) electrons. The molecule has 1 N–H and O–H groups in total. The topological polar surface area (TPSA) is 55.8 Å². The van der Waals surface area contributed by atoms with Crippen molar-refractivity contribution in [3.63, 3.8) is 0 Å². The third-order valence-electron chi connectivity index (χ3n) is 3.12. The van der Waals surface area contributed by atoms with Crippen molar-refractivity contribution in [2.45, 2.75) is 6.92 Å². The molecule has 0 saturated heterocycles. The molecule has 2 rings (SSSR count). The number of phenols is 1. The molecule has 0 fully saturated rings. The van der Waals surface area contributed by atoms with Gasteiger partial charge in [-0.15, -0.1) is 0 Å². The van der Waals surface area contributed by atoms with Crippen LogP contribution in [0.15, 0.2) is 30.3 Å². The number of phenolic OH excluding ortho intramolecular Hbond substituents is 1. The van der Waals surface area contributed by atoms with Crippen molar-refractivity contribution in [1.82, 2.24) is 0 Å². The summed E-state index contributed by atoms with van der Waals surface area (Å²) in [5.74, 6) is 0.797. The molecule has 4 nitrogen and oxygen atoms in total. The summed E-state index contributed by atoms with van der Waals surface area (Å²) in [5, 5.41) is 9.85. The summed E-state index contributed by atoms with van der Waals surface area (Å²) in [6.07, 6.45) is 0.601. The van der Waals surface area contributed by atoms with E-state index in [1.54, 1.807) is 19.2 Å². The Labute approximate surface area is 117 Å². The van der Waals surface area contributed by atoms with Gasteiger partial charge in [0.25, 0.3) is 0 Å². The number of hydrogen-bond donors (Lipinski definition) is 1. The molecule has 0 aliphatic carbocycles. The minimum absolute atomic E-state index is 0.155. The van der Waals surface area contributed by atoms with E-state index in [1.807, 2.05) is 25.1 Å². The predicted octanol–water partition coefficient (Wildman–Crippen LogP) is 3.20. The van der Waals surface area contributed by atoms with E-state index in [1.165, 1.54) is 7.11 Å². The summed E-state index contributed by atoms with van der Waals surface area (Å²) in [6.45, 7) is 1.97. The van der Waals surface area contributed by atoms with Crippen molar-refractivity contribution in [1.29, 1.82) is 0 Å². The minimum atomic E-state index is -0.155. The molecule has 0 heterocycles. The molecule has 2 aromatic carbocycles. The van der Waals surface area contributed by atoms with Crippen molar-refractivity contribution in [2.24, 2.45) is 0 Å². The molecule has 0 amide bonds. The maximum atomic E-state index is 11.1. The number of hydrogen-bond acceptors (Lipinski definition) is 4. The maximum Gasteiger partial charge on any atom is 0.168 e. The second-order valence-electron chi connectivity index (χ2n) is 4.44. The Morgan fingerprint density at radius 1 is 1.05 bits per heavy atom. The van der Waals surface area contributed by atoms with Crippen molar-refractivity contribution in [3.8, 4) is 28.4 Å². The third-order valence-corrected chi connectivity index (χ3v) is 3.12. The lowest BCUT2D eigenvalue weighted by Gasteiger charge is -2.13. The second kappa shape index (κ2) is 5.65. The van der Waals surface area contributed by atoms with Gasteiger partial charge in [-0.3, -0.25) is 4.79 Å². The van der Waals surface area contributed by atoms with Gasteiger partial charge in [-0.1, -0.05) is 11.6 Å². The van der Waals surface area contributed by atoms with E-state index in [4.69, 9.17) is 9.47 Å². The molecular formula is C16H16O4. The molecule has 0 spiro atoms. The Kier molecular flexibility index (Phi) is 3.94. The lowest BCUT2D eigenvalue weighted by atomic mass is 9.99. The molecule has 0 atom stereocenters. The zero-order valence-corrected chi connectivity index (χ0v) is 11.6. The number of benzene rings is 2. The highest BCUT2D eigenvalue weighted by Crippen LogP contribution is 2.38. The number of aryl methyl sites for hydroxylation is 1. The van der Waals surface area contributed by atoms with Crippen LogP contribution in [0, 0.1) is 6.92 Å². The SMILES string of the molecule is COc1ccc(C)cc1-c1cc(C=O)c(O)c(OC)c1. The average Bonchev–Trinajstić information content (AvgIpc) is 2.47. The molecule has 2 aromatic rings. The summed E-state index contributed by atoms with van der Waals surface area (Å²) in [7, 11) is 3.04.